The van der Waals surface area contributed by atoms with Crippen LogP contribution in [0.4, 0.5) is 11.4 Å². The number of halogens is 1. The maximum atomic E-state index is 13.7. The lowest BCUT2D eigenvalue weighted by molar-refractivity contribution is 0.0724. The number of hydrogen-bond acceptors (Lipinski definition) is 4. The molecule has 0 spiro atoms. The van der Waals surface area contributed by atoms with Crippen LogP contribution in [0.3, 0.4) is 0 Å². The van der Waals surface area contributed by atoms with Crippen LogP contribution in [-0.4, -0.2) is 36.3 Å². The molecular weight excluding hydrogens is 506 g/mol. The van der Waals surface area contributed by atoms with E-state index in [1.54, 1.807) is 18.4 Å². The van der Waals surface area contributed by atoms with E-state index < -0.39 is 0 Å². The third kappa shape index (κ3) is 6.54. The van der Waals surface area contributed by atoms with Gasteiger partial charge in [0.05, 0.1) is 24.1 Å². The molecular formula is C28H32BrN3O3. The van der Waals surface area contributed by atoms with Gasteiger partial charge in [0, 0.05) is 35.4 Å². The zero-order valence-electron chi connectivity index (χ0n) is 20.1. The summed E-state index contributed by atoms with van der Waals surface area (Å²) in [5.41, 5.74) is 2.63. The number of hydrogen-bond donors (Lipinski definition) is 1. The summed E-state index contributed by atoms with van der Waals surface area (Å²) < 4.78 is 6.46. The van der Waals surface area contributed by atoms with Gasteiger partial charge in [-0.1, -0.05) is 35.3 Å². The Morgan fingerprint density at radius 3 is 2.60 bits per heavy atom. The molecule has 0 aliphatic carbocycles. The Labute approximate surface area is 215 Å². The molecule has 1 aliphatic rings. The molecule has 7 heteroatoms. The van der Waals surface area contributed by atoms with Crippen LogP contribution in [0, 0.1) is 0 Å². The fourth-order valence-electron chi connectivity index (χ4n) is 4.39. The second-order valence-electron chi connectivity index (χ2n) is 8.90. The van der Waals surface area contributed by atoms with Crippen LogP contribution >= 0.6 is 15.9 Å². The number of nitrogens with one attached hydrogen (secondary N) is 1. The van der Waals surface area contributed by atoms with E-state index in [1.807, 2.05) is 47.4 Å². The summed E-state index contributed by atoms with van der Waals surface area (Å²) >= 11 is 3.42. The number of amides is 2. The summed E-state index contributed by atoms with van der Waals surface area (Å²) in [6, 6.07) is 16.7. The maximum absolute atomic E-state index is 13.7. The predicted molar refractivity (Wildman–Crippen MR) is 143 cm³/mol. The molecule has 0 bridgehead atoms. The van der Waals surface area contributed by atoms with Crippen LogP contribution in [-0.2, 0) is 6.54 Å². The minimum absolute atomic E-state index is 0.0131. The number of carbonyl (C=O) groups is 2. The number of likely N-dealkylation sites (tertiary alicyclic amines) is 1. The Morgan fingerprint density at radius 1 is 1.06 bits per heavy atom. The van der Waals surface area contributed by atoms with Crippen molar-refractivity contribution in [1.82, 2.24) is 4.90 Å². The highest BCUT2D eigenvalue weighted by atomic mass is 79.9. The molecule has 1 fully saturated rings. The summed E-state index contributed by atoms with van der Waals surface area (Å²) in [6.07, 6.45) is 6.91. The standard InChI is InChI=1S/C28H32BrN3O3/c1-2-3-14-32(20-24-11-8-17-35-24)26-13-12-23(30-27(33)21-9-7-10-22(29)18-21)19-25(26)28(34)31-15-5-4-6-16-31/h7-13,17-19H,2-6,14-16,20H2,1H3,(H,30,33). The van der Waals surface area contributed by atoms with E-state index in [1.165, 1.54) is 0 Å². The lowest BCUT2D eigenvalue weighted by atomic mass is 10.1. The van der Waals surface area contributed by atoms with Crippen molar-refractivity contribution in [3.05, 3.63) is 82.2 Å². The Bertz CT molecular complexity index is 1140. The van der Waals surface area contributed by atoms with E-state index in [4.69, 9.17) is 4.42 Å². The molecule has 0 saturated carbocycles. The molecule has 0 unspecified atom stereocenters. The Kier molecular flexibility index (Phi) is 8.64. The monoisotopic (exact) mass is 537 g/mol. The molecule has 0 atom stereocenters. The van der Waals surface area contributed by atoms with Gasteiger partial charge in [-0.3, -0.25) is 9.59 Å². The largest absolute Gasteiger partial charge is 0.467 e. The highest BCUT2D eigenvalue weighted by molar-refractivity contribution is 9.10. The zero-order chi connectivity index (χ0) is 24.6. The van der Waals surface area contributed by atoms with E-state index in [9.17, 15) is 9.59 Å². The van der Waals surface area contributed by atoms with Crippen molar-refractivity contribution in [3.8, 4) is 0 Å². The summed E-state index contributed by atoms with van der Waals surface area (Å²) in [5.74, 6) is 0.651. The average molecular weight is 538 g/mol. The number of carbonyl (C=O) groups excluding carboxylic acids is 2. The van der Waals surface area contributed by atoms with Crippen molar-refractivity contribution in [2.45, 2.75) is 45.6 Å². The Balaban J connectivity index is 1.67. The van der Waals surface area contributed by atoms with Crippen molar-refractivity contribution in [2.75, 3.05) is 29.9 Å². The van der Waals surface area contributed by atoms with Crippen LogP contribution in [0.2, 0.25) is 0 Å². The molecule has 1 saturated heterocycles. The quantitative estimate of drug-likeness (QED) is 0.328. The summed E-state index contributed by atoms with van der Waals surface area (Å²) in [7, 11) is 0. The molecule has 1 aromatic heterocycles. The lowest BCUT2D eigenvalue weighted by Gasteiger charge is -2.31. The Morgan fingerprint density at radius 2 is 1.89 bits per heavy atom. The third-order valence-electron chi connectivity index (χ3n) is 6.26. The highest BCUT2D eigenvalue weighted by Gasteiger charge is 2.24. The normalized spacial score (nSPS) is 13.5. The van der Waals surface area contributed by atoms with Gasteiger partial charge in [-0.25, -0.2) is 0 Å². The first-order chi connectivity index (χ1) is 17.0. The summed E-state index contributed by atoms with van der Waals surface area (Å²) in [6.45, 7) is 5.07. The number of benzene rings is 2. The summed E-state index contributed by atoms with van der Waals surface area (Å²) in [5, 5.41) is 2.97. The van der Waals surface area contributed by atoms with Gasteiger partial charge in [-0.15, -0.1) is 0 Å². The van der Waals surface area contributed by atoms with E-state index >= 15 is 0 Å². The third-order valence-corrected chi connectivity index (χ3v) is 6.76. The van der Waals surface area contributed by atoms with Crippen molar-refractivity contribution >= 4 is 39.1 Å². The number of rotatable bonds is 9. The fourth-order valence-corrected chi connectivity index (χ4v) is 4.78. The molecule has 6 nitrogen and oxygen atoms in total. The molecule has 2 amide bonds. The maximum Gasteiger partial charge on any atom is 0.256 e. The fraction of sp³-hybridized carbons (Fsp3) is 0.357. The van der Waals surface area contributed by atoms with Gasteiger partial charge in [0.15, 0.2) is 0 Å². The first kappa shape index (κ1) is 25.0. The zero-order valence-corrected chi connectivity index (χ0v) is 21.7. The summed E-state index contributed by atoms with van der Waals surface area (Å²) in [4.78, 5) is 30.7. The van der Waals surface area contributed by atoms with Crippen molar-refractivity contribution < 1.29 is 14.0 Å². The minimum Gasteiger partial charge on any atom is -0.467 e. The van der Waals surface area contributed by atoms with E-state index in [0.717, 1.165) is 67.7 Å². The molecule has 3 aromatic rings. The van der Waals surface area contributed by atoms with Crippen molar-refractivity contribution in [1.29, 1.82) is 0 Å². The number of unbranched alkanes of at least 4 members (excludes halogenated alkanes) is 1. The van der Waals surface area contributed by atoms with Crippen LogP contribution in [0.1, 0.15) is 65.5 Å². The first-order valence-corrected chi connectivity index (χ1v) is 13.1. The van der Waals surface area contributed by atoms with Crippen LogP contribution in [0.25, 0.3) is 0 Å². The molecule has 184 valence electrons. The SMILES string of the molecule is CCCCN(Cc1ccco1)c1ccc(NC(=O)c2cccc(Br)c2)cc1C(=O)N1CCCCC1. The van der Waals surface area contributed by atoms with Gasteiger partial charge >= 0.3 is 0 Å². The second kappa shape index (κ2) is 12.1. The molecule has 35 heavy (non-hydrogen) atoms. The predicted octanol–water partition coefficient (Wildman–Crippen LogP) is 6.73. The number of anilines is 2. The van der Waals surface area contributed by atoms with E-state index in [2.05, 4.69) is 33.1 Å². The van der Waals surface area contributed by atoms with Crippen LogP contribution in [0.15, 0.2) is 69.8 Å². The van der Waals surface area contributed by atoms with Gasteiger partial charge in [0.25, 0.3) is 11.8 Å². The minimum atomic E-state index is -0.214. The van der Waals surface area contributed by atoms with E-state index in [-0.39, 0.29) is 11.8 Å². The van der Waals surface area contributed by atoms with Gasteiger partial charge in [-0.2, -0.15) is 0 Å². The molecule has 4 rings (SSSR count). The molecule has 1 N–H and O–H groups in total. The molecule has 2 aromatic carbocycles. The number of nitrogens with zero attached hydrogens (tertiary/aromatic N) is 2. The number of furan rings is 1. The second-order valence-corrected chi connectivity index (χ2v) is 9.82. The van der Waals surface area contributed by atoms with Crippen LogP contribution in [0.5, 0.6) is 0 Å². The van der Waals surface area contributed by atoms with Crippen LogP contribution < -0.4 is 10.2 Å². The van der Waals surface area contributed by atoms with Gasteiger partial charge < -0.3 is 19.5 Å². The van der Waals surface area contributed by atoms with Gasteiger partial charge in [0.1, 0.15) is 5.76 Å². The first-order valence-electron chi connectivity index (χ1n) is 12.3. The van der Waals surface area contributed by atoms with Gasteiger partial charge in [-0.05, 0) is 74.2 Å². The smallest absolute Gasteiger partial charge is 0.256 e. The lowest BCUT2D eigenvalue weighted by Crippen LogP contribution is -2.37. The van der Waals surface area contributed by atoms with E-state index in [0.29, 0.717) is 23.4 Å². The Hall–Kier alpha value is -3.06. The van der Waals surface area contributed by atoms with Crippen molar-refractivity contribution in [2.24, 2.45) is 0 Å². The highest BCUT2D eigenvalue weighted by Crippen LogP contribution is 2.29. The molecule has 1 aliphatic heterocycles. The molecule has 0 radical (unpaired) electrons. The van der Waals surface area contributed by atoms with Crippen molar-refractivity contribution in [3.63, 3.8) is 0 Å². The topological polar surface area (TPSA) is 65.8 Å². The average Bonchev–Trinajstić information content (AvgIpc) is 3.40. The number of piperidine rings is 1. The molecule has 2 heterocycles. The van der Waals surface area contributed by atoms with Gasteiger partial charge in [0.2, 0.25) is 0 Å².